The van der Waals surface area contributed by atoms with Crippen molar-refractivity contribution < 1.29 is 9.53 Å². The van der Waals surface area contributed by atoms with Crippen LogP contribution in [0.4, 0.5) is 11.4 Å². The highest BCUT2D eigenvalue weighted by molar-refractivity contribution is 6.12. The summed E-state index contributed by atoms with van der Waals surface area (Å²) in [4.78, 5) is 48.4. The molecule has 9 nitrogen and oxygen atoms in total. The van der Waals surface area contributed by atoms with Crippen LogP contribution in [0.3, 0.4) is 0 Å². The SMILES string of the molecule is CC(C)Cn1c(=O)[nH]c(=O)c2c(C(=O)Nc3ccccc3N3CCOCC3)cc(C3CC3)nc21. The lowest BCUT2D eigenvalue weighted by molar-refractivity contribution is 0.102. The highest BCUT2D eigenvalue weighted by Crippen LogP contribution is 2.40. The van der Waals surface area contributed by atoms with Crippen LogP contribution in [0.2, 0.25) is 0 Å². The van der Waals surface area contributed by atoms with Crippen molar-refractivity contribution in [2.45, 2.75) is 39.2 Å². The molecule has 1 amide bonds. The topological polar surface area (TPSA) is 109 Å². The van der Waals surface area contributed by atoms with Gasteiger partial charge in [-0.3, -0.25) is 19.1 Å². The number of nitrogens with one attached hydrogen (secondary N) is 2. The zero-order valence-electron chi connectivity index (χ0n) is 19.5. The second kappa shape index (κ2) is 9.06. The first-order chi connectivity index (χ1) is 16.4. The molecular formula is C25H29N5O4. The van der Waals surface area contributed by atoms with E-state index >= 15 is 0 Å². The molecule has 2 aromatic heterocycles. The first-order valence-corrected chi connectivity index (χ1v) is 11.8. The third kappa shape index (κ3) is 4.35. The summed E-state index contributed by atoms with van der Waals surface area (Å²) in [6.45, 7) is 7.11. The van der Waals surface area contributed by atoms with Crippen LogP contribution in [0.25, 0.3) is 11.0 Å². The van der Waals surface area contributed by atoms with Crippen LogP contribution in [0.5, 0.6) is 0 Å². The molecule has 3 heterocycles. The molecule has 0 bridgehead atoms. The number of hydrogen-bond acceptors (Lipinski definition) is 6. The average molecular weight is 464 g/mol. The number of morpholine rings is 1. The zero-order valence-corrected chi connectivity index (χ0v) is 19.5. The maximum absolute atomic E-state index is 13.6. The van der Waals surface area contributed by atoms with Gasteiger partial charge in [0.2, 0.25) is 0 Å². The van der Waals surface area contributed by atoms with Gasteiger partial charge < -0.3 is 15.0 Å². The summed E-state index contributed by atoms with van der Waals surface area (Å²) >= 11 is 0. The number of aromatic amines is 1. The van der Waals surface area contributed by atoms with Crippen LogP contribution in [0.1, 0.15) is 48.7 Å². The minimum Gasteiger partial charge on any atom is -0.378 e. The van der Waals surface area contributed by atoms with Gasteiger partial charge in [-0.15, -0.1) is 0 Å². The predicted octanol–water partition coefficient (Wildman–Crippen LogP) is 2.71. The van der Waals surface area contributed by atoms with Gasteiger partial charge >= 0.3 is 5.69 Å². The van der Waals surface area contributed by atoms with Gasteiger partial charge in [0.25, 0.3) is 11.5 Å². The van der Waals surface area contributed by atoms with Gasteiger partial charge in [0.1, 0.15) is 0 Å². The fourth-order valence-corrected chi connectivity index (χ4v) is 4.44. The van der Waals surface area contributed by atoms with Gasteiger partial charge in [-0.1, -0.05) is 26.0 Å². The molecule has 1 saturated heterocycles. The molecule has 1 saturated carbocycles. The number of carbonyl (C=O) groups is 1. The van der Waals surface area contributed by atoms with Crippen molar-refractivity contribution in [1.29, 1.82) is 0 Å². The van der Waals surface area contributed by atoms with Gasteiger partial charge in [0.15, 0.2) is 5.65 Å². The van der Waals surface area contributed by atoms with Gasteiger partial charge in [-0.2, -0.15) is 0 Å². The Balaban J connectivity index is 1.61. The number of benzene rings is 1. The lowest BCUT2D eigenvalue weighted by Gasteiger charge is -2.30. The molecule has 1 aromatic carbocycles. The maximum atomic E-state index is 13.6. The van der Waals surface area contributed by atoms with Crippen molar-refractivity contribution in [3.63, 3.8) is 0 Å². The van der Waals surface area contributed by atoms with Gasteiger partial charge in [0.05, 0.1) is 35.5 Å². The Morgan fingerprint density at radius 1 is 1.21 bits per heavy atom. The van der Waals surface area contributed by atoms with Crippen molar-refractivity contribution in [2.24, 2.45) is 5.92 Å². The molecule has 2 N–H and O–H groups in total. The molecule has 2 fully saturated rings. The molecule has 0 spiro atoms. The predicted molar refractivity (Wildman–Crippen MR) is 131 cm³/mol. The number of carbonyl (C=O) groups excluding carboxylic acids is 1. The van der Waals surface area contributed by atoms with E-state index in [9.17, 15) is 14.4 Å². The smallest absolute Gasteiger partial charge is 0.330 e. The first-order valence-electron chi connectivity index (χ1n) is 11.8. The molecule has 0 radical (unpaired) electrons. The summed E-state index contributed by atoms with van der Waals surface area (Å²) in [7, 11) is 0. The van der Waals surface area contributed by atoms with E-state index in [4.69, 9.17) is 9.72 Å². The third-order valence-electron chi connectivity index (χ3n) is 6.26. The number of fused-ring (bicyclic) bond motifs is 1. The molecule has 0 atom stereocenters. The standard InChI is InChI=1S/C25H29N5O4/c1-15(2)14-30-22-21(24(32)28-25(30)33)17(13-19(26-22)16-7-8-16)23(31)27-18-5-3-4-6-20(18)29-9-11-34-12-10-29/h3-6,13,15-16H,7-12,14H2,1-2H3,(H,27,31)(H,28,32,33). The highest BCUT2D eigenvalue weighted by Gasteiger charge is 2.29. The Labute approximate surface area is 196 Å². The molecule has 5 rings (SSSR count). The van der Waals surface area contributed by atoms with E-state index in [1.165, 1.54) is 4.57 Å². The van der Waals surface area contributed by atoms with E-state index in [0.29, 0.717) is 25.4 Å². The second-order valence-electron chi connectivity index (χ2n) is 9.40. The number of pyridine rings is 1. The largest absolute Gasteiger partial charge is 0.378 e. The van der Waals surface area contributed by atoms with E-state index in [1.54, 1.807) is 6.07 Å². The molecule has 34 heavy (non-hydrogen) atoms. The molecule has 1 aliphatic carbocycles. The van der Waals surface area contributed by atoms with Crippen LogP contribution in [0.15, 0.2) is 39.9 Å². The van der Waals surface area contributed by atoms with Crippen LogP contribution in [-0.2, 0) is 11.3 Å². The lowest BCUT2D eigenvalue weighted by Crippen LogP contribution is -2.37. The molecule has 0 unspecified atom stereocenters. The quantitative estimate of drug-likeness (QED) is 0.582. The van der Waals surface area contributed by atoms with Gasteiger partial charge in [-0.25, -0.2) is 9.78 Å². The summed E-state index contributed by atoms with van der Waals surface area (Å²) in [5, 5.41) is 3.16. The van der Waals surface area contributed by atoms with Crippen molar-refractivity contribution in [2.75, 3.05) is 36.5 Å². The van der Waals surface area contributed by atoms with Crippen molar-refractivity contribution in [3.05, 3.63) is 62.4 Å². The number of amides is 1. The normalized spacial score (nSPS) is 16.3. The number of ether oxygens (including phenoxy) is 1. The number of aromatic nitrogens is 3. The molecular weight excluding hydrogens is 434 g/mol. The highest BCUT2D eigenvalue weighted by atomic mass is 16.5. The second-order valence-corrected chi connectivity index (χ2v) is 9.40. The van der Waals surface area contributed by atoms with Crippen molar-refractivity contribution >= 4 is 28.3 Å². The fourth-order valence-electron chi connectivity index (χ4n) is 4.44. The molecule has 3 aromatic rings. The summed E-state index contributed by atoms with van der Waals surface area (Å²) in [5.74, 6) is 0.0181. The number of para-hydroxylation sites is 2. The van der Waals surface area contributed by atoms with Crippen LogP contribution < -0.4 is 21.5 Å². The number of anilines is 2. The first kappa shape index (κ1) is 22.3. The molecule has 2 aliphatic rings. The number of hydrogen-bond donors (Lipinski definition) is 2. The van der Waals surface area contributed by atoms with Crippen molar-refractivity contribution in [3.8, 4) is 0 Å². The van der Waals surface area contributed by atoms with E-state index < -0.39 is 17.2 Å². The number of H-pyrrole nitrogens is 1. The lowest BCUT2D eigenvalue weighted by atomic mass is 10.1. The van der Waals surface area contributed by atoms with Crippen LogP contribution in [-0.4, -0.2) is 46.7 Å². The summed E-state index contributed by atoms with van der Waals surface area (Å²) in [6, 6.07) is 9.34. The van der Waals surface area contributed by atoms with Crippen molar-refractivity contribution in [1.82, 2.24) is 14.5 Å². The minimum atomic E-state index is -0.596. The Hall–Kier alpha value is -3.46. The average Bonchev–Trinajstić information content (AvgIpc) is 3.67. The van der Waals surface area contributed by atoms with Gasteiger partial charge in [-0.05, 0) is 37.0 Å². The van der Waals surface area contributed by atoms with E-state index in [0.717, 1.165) is 37.3 Å². The zero-order chi connectivity index (χ0) is 23.8. The van der Waals surface area contributed by atoms with E-state index in [1.807, 2.05) is 38.1 Å². The monoisotopic (exact) mass is 463 g/mol. The summed E-state index contributed by atoms with van der Waals surface area (Å²) < 4.78 is 6.94. The van der Waals surface area contributed by atoms with E-state index in [-0.39, 0.29) is 28.4 Å². The molecule has 9 heteroatoms. The molecule has 178 valence electrons. The third-order valence-corrected chi connectivity index (χ3v) is 6.26. The maximum Gasteiger partial charge on any atom is 0.330 e. The van der Waals surface area contributed by atoms with Gasteiger partial charge in [0, 0.05) is 31.2 Å². The Kier molecular flexibility index (Phi) is 5.95. The summed E-state index contributed by atoms with van der Waals surface area (Å²) in [6.07, 6.45) is 1.97. The Bertz CT molecular complexity index is 1350. The number of nitrogens with zero attached hydrogens (tertiary/aromatic N) is 3. The number of rotatable bonds is 6. The fraction of sp³-hybridized carbons (Fsp3) is 0.440. The molecule has 1 aliphatic heterocycles. The Morgan fingerprint density at radius 3 is 2.65 bits per heavy atom. The van der Waals surface area contributed by atoms with E-state index in [2.05, 4.69) is 15.2 Å². The minimum absolute atomic E-state index is 0.144. The summed E-state index contributed by atoms with van der Waals surface area (Å²) in [5.41, 5.74) is 1.74. The Morgan fingerprint density at radius 2 is 1.94 bits per heavy atom. The van der Waals surface area contributed by atoms with Crippen LogP contribution in [0, 0.1) is 5.92 Å². The van der Waals surface area contributed by atoms with Crippen LogP contribution >= 0.6 is 0 Å².